The molecule has 24 heavy (non-hydrogen) atoms. The molecule has 5 heteroatoms. The lowest BCUT2D eigenvalue weighted by Gasteiger charge is -2.03. The molecule has 0 radical (unpaired) electrons. The van der Waals surface area contributed by atoms with E-state index in [-0.39, 0.29) is 17.5 Å². The van der Waals surface area contributed by atoms with Crippen LogP contribution in [0.2, 0.25) is 0 Å². The Morgan fingerprint density at radius 1 is 1.08 bits per heavy atom. The Kier molecular flexibility index (Phi) is 4.91. The Hall–Kier alpha value is -3.08. The molecule has 5 nitrogen and oxygen atoms in total. The molecule has 1 N–H and O–H groups in total. The number of ether oxygens (including phenoxy) is 1. The first kappa shape index (κ1) is 15.8. The van der Waals surface area contributed by atoms with Crippen LogP contribution < -0.4 is 10.1 Å². The number of hydrogen-bond acceptors (Lipinski definition) is 4. The minimum atomic E-state index is -0.360. The van der Waals surface area contributed by atoms with Gasteiger partial charge in [-0.3, -0.25) is 4.79 Å². The predicted molar refractivity (Wildman–Crippen MR) is 91.1 cm³/mol. The summed E-state index contributed by atoms with van der Waals surface area (Å²) in [5.41, 5.74) is 2.94. The number of aryl methyl sites for hydroxylation is 1. The lowest BCUT2D eigenvalue weighted by atomic mass is 10.1. The first-order valence-corrected chi connectivity index (χ1v) is 7.78. The number of carbonyl (C=O) groups is 1. The molecule has 2 aromatic carbocycles. The summed E-state index contributed by atoms with van der Waals surface area (Å²) in [4.78, 5) is 12.2. The average molecular weight is 322 g/mol. The summed E-state index contributed by atoms with van der Waals surface area (Å²) in [6, 6.07) is 18.9. The fourth-order valence-corrected chi connectivity index (χ4v) is 2.18. The molecule has 0 aliphatic rings. The maximum atomic E-state index is 12.2. The molecule has 1 aromatic heterocycles. The molecular weight excluding hydrogens is 304 g/mol. The molecule has 1 heterocycles. The van der Waals surface area contributed by atoms with Crippen molar-refractivity contribution in [1.29, 1.82) is 0 Å². The van der Waals surface area contributed by atoms with Gasteiger partial charge in [-0.1, -0.05) is 49.4 Å². The van der Waals surface area contributed by atoms with E-state index in [1.807, 2.05) is 54.6 Å². The van der Waals surface area contributed by atoms with Crippen LogP contribution in [0.15, 0.2) is 65.2 Å². The van der Waals surface area contributed by atoms with Crippen molar-refractivity contribution in [2.75, 3.05) is 5.32 Å². The van der Waals surface area contributed by atoms with Gasteiger partial charge in [-0.2, -0.15) is 0 Å². The van der Waals surface area contributed by atoms with Crippen molar-refractivity contribution in [3.63, 3.8) is 0 Å². The molecule has 0 bridgehead atoms. The molecule has 0 saturated heterocycles. The number of hydrogen-bond donors (Lipinski definition) is 1. The number of carbonyl (C=O) groups excluding carboxylic acids is 1. The van der Waals surface area contributed by atoms with Gasteiger partial charge in [0.2, 0.25) is 5.76 Å². The Balaban J connectivity index is 1.58. The molecular formula is C19H18N2O3. The SMILES string of the molecule is CCc1ccc(NC(=O)c2cc(OCc3ccccc3)no2)cc1. The van der Waals surface area contributed by atoms with Crippen LogP contribution >= 0.6 is 0 Å². The molecule has 0 atom stereocenters. The highest BCUT2D eigenvalue weighted by molar-refractivity contribution is 6.02. The minimum Gasteiger partial charge on any atom is -0.471 e. The molecule has 0 saturated carbocycles. The van der Waals surface area contributed by atoms with E-state index >= 15 is 0 Å². The van der Waals surface area contributed by atoms with Gasteiger partial charge in [0.25, 0.3) is 11.8 Å². The Morgan fingerprint density at radius 3 is 2.54 bits per heavy atom. The summed E-state index contributed by atoms with van der Waals surface area (Å²) < 4.78 is 10.6. The van der Waals surface area contributed by atoms with Crippen LogP contribution in [0.4, 0.5) is 5.69 Å². The second-order valence-electron chi connectivity index (χ2n) is 5.31. The Labute approximate surface area is 140 Å². The Morgan fingerprint density at radius 2 is 1.83 bits per heavy atom. The van der Waals surface area contributed by atoms with Crippen LogP contribution in [0.3, 0.4) is 0 Å². The molecule has 0 spiro atoms. The van der Waals surface area contributed by atoms with E-state index in [1.165, 1.54) is 11.6 Å². The van der Waals surface area contributed by atoms with Crippen molar-refractivity contribution in [1.82, 2.24) is 5.16 Å². The maximum Gasteiger partial charge on any atom is 0.294 e. The normalized spacial score (nSPS) is 10.4. The highest BCUT2D eigenvalue weighted by Gasteiger charge is 2.14. The van der Waals surface area contributed by atoms with Crippen molar-refractivity contribution in [2.45, 2.75) is 20.0 Å². The topological polar surface area (TPSA) is 64.4 Å². The summed E-state index contributed by atoms with van der Waals surface area (Å²) in [5.74, 6) is 0.0317. The van der Waals surface area contributed by atoms with Gasteiger partial charge < -0.3 is 14.6 Å². The second-order valence-corrected chi connectivity index (χ2v) is 5.31. The molecule has 3 rings (SSSR count). The van der Waals surface area contributed by atoms with Gasteiger partial charge in [-0.05, 0) is 34.8 Å². The molecule has 0 aliphatic carbocycles. The van der Waals surface area contributed by atoms with E-state index in [1.54, 1.807) is 0 Å². The monoisotopic (exact) mass is 322 g/mol. The fraction of sp³-hybridized carbons (Fsp3) is 0.158. The summed E-state index contributed by atoms with van der Waals surface area (Å²) in [7, 11) is 0. The molecule has 122 valence electrons. The standard InChI is InChI=1S/C19H18N2O3/c1-2-14-8-10-16(11-9-14)20-19(22)17-12-18(21-24-17)23-13-15-6-4-3-5-7-15/h3-12H,2,13H2,1H3,(H,20,22). The maximum absolute atomic E-state index is 12.2. The first-order chi connectivity index (χ1) is 11.7. The lowest BCUT2D eigenvalue weighted by Crippen LogP contribution is -2.10. The third-order valence-electron chi connectivity index (χ3n) is 3.56. The van der Waals surface area contributed by atoms with Crippen LogP contribution in [0.25, 0.3) is 0 Å². The van der Waals surface area contributed by atoms with Crippen molar-refractivity contribution in [3.8, 4) is 5.88 Å². The van der Waals surface area contributed by atoms with Gasteiger partial charge >= 0.3 is 0 Å². The van der Waals surface area contributed by atoms with Crippen molar-refractivity contribution in [3.05, 3.63) is 77.6 Å². The van der Waals surface area contributed by atoms with Crippen LogP contribution in [0, 0.1) is 0 Å². The Bertz CT molecular complexity index is 795. The van der Waals surface area contributed by atoms with Crippen molar-refractivity contribution >= 4 is 11.6 Å². The van der Waals surface area contributed by atoms with Crippen LogP contribution in [0.1, 0.15) is 28.6 Å². The van der Waals surface area contributed by atoms with E-state index in [2.05, 4.69) is 17.4 Å². The van der Waals surface area contributed by atoms with Crippen LogP contribution in [-0.4, -0.2) is 11.1 Å². The smallest absolute Gasteiger partial charge is 0.294 e. The average Bonchev–Trinajstić information content (AvgIpc) is 3.11. The number of amides is 1. The quantitative estimate of drug-likeness (QED) is 0.743. The van der Waals surface area contributed by atoms with E-state index in [4.69, 9.17) is 9.26 Å². The van der Waals surface area contributed by atoms with Crippen molar-refractivity contribution in [2.24, 2.45) is 0 Å². The number of nitrogens with zero attached hydrogens (tertiary/aromatic N) is 1. The number of nitrogens with one attached hydrogen (secondary N) is 1. The first-order valence-electron chi connectivity index (χ1n) is 7.78. The molecule has 0 aliphatic heterocycles. The third kappa shape index (κ3) is 4.01. The summed E-state index contributed by atoms with van der Waals surface area (Å²) in [6.45, 7) is 2.45. The molecule has 1 amide bonds. The zero-order chi connectivity index (χ0) is 16.8. The van der Waals surface area contributed by atoms with Gasteiger partial charge in [-0.15, -0.1) is 0 Å². The van der Waals surface area contributed by atoms with E-state index in [9.17, 15) is 4.79 Å². The van der Waals surface area contributed by atoms with Gasteiger partial charge in [0.15, 0.2) is 0 Å². The number of anilines is 1. The van der Waals surface area contributed by atoms with E-state index in [0.717, 1.165) is 12.0 Å². The zero-order valence-electron chi connectivity index (χ0n) is 13.4. The molecule has 0 unspecified atom stereocenters. The highest BCUT2D eigenvalue weighted by atomic mass is 16.5. The lowest BCUT2D eigenvalue weighted by molar-refractivity contribution is 0.0987. The van der Waals surface area contributed by atoms with E-state index in [0.29, 0.717) is 12.3 Å². The molecule has 0 fully saturated rings. The van der Waals surface area contributed by atoms with Crippen LogP contribution in [-0.2, 0) is 13.0 Å². The summed E-state index contributed by atoms with van der Waals surface area (Å²) >= 11 is 0. The molecule has 3 aromatic rings. The zero-order valence-corrected chi connectivity index (χ0v) is 13.4. The predicted octanol–water partition coefficient (Wildman–Crippen LogP) is 4.07. The van der Waals surface area contributed by atoms with Gasteiger partial charge in [0, 0.05) is 5.69 Å². The number of aromatic nitrogens is 1. The van der Waals surface area contributed by atoms with E-state index < -0.39 is 0 Å². The van der Waals surface area contributed by atoms with Gasteiger partial charge in [0.1, 0.15) is 6.61 Å². The van der Waals surface area contributed by atoms with Gasteiger partial charge in [-0.25, -0.2) is 0 Å². The number of benzene rings is 2. The third-order valence-corrected chi connectivity index (χ3v) is 3.56. The second kappa shape index (κ2) is 7.46. The largest absolute Gasteiger partial charge is 0.471 e. The fourth-order valence-electron chi connectivity index (χ4n) is 2.18. The summed E-state index contributed by atoms with van der Waals surface area (Å²) in [6.07, 6.45) is 0.957. The minimum absolute atomic E-state index is 0.109. The van der Waals surface area contributed by atoms with Gasteiger partial charge in [0.05, 0.1) is 6.07 Å². The van der Waals surface area contributed by atoms with Crippen LogP contribution in [0.5, 0.6) is 5.88 Å². The number of rotatable bonds is 6. The highest BCUT2D eigenvalue weighted by Crippen LogP contribution is 2.16. The summed E-state index contributed by atoms with van der Waals surface area (Å²) in [5, 5.41) is 6.53. The van der Waals surface area contributed by atoms with Crippen molar-refractivity contribution < 1.29 is 14.1 Å².